The number of carbonyl (C=O) groups is 1. The van der Waals surface area contributed by atoms with E-state index in [1.165, 1.54) is 18.3 Å². The summed E-state index contributed by atoms with van der Waals surface area (Å²) >= 11 is 3.36. The zero-order valence-corrected chi connectivity index (χ0v) is 16.4. The Hall–Kier alpha value is -2.37. The van der Waals surface area contributed by atoms with E-state index in [2.05, 4.69) is 31.0 Å². The second-order valence-corrected chi connectivity index (χ2v) is 7.33. The van der Waals surface area contributed by atoms with Crippen LogP contribution in [0.25, 0.3) is 0 Å². The second kappa shape index (κ2) is 8.56. The molecule has 1 aliphatic rings. The molecule has 7 nitrogen and oxygen atoms in total. The molecular formula is C18H17BrF3N3O4. The summed E-state index contributed by atoms with van der Waals surface area (Å²) in [6.45, 7) is 0.610. The number of benzene rings is 1. The van der Waals surface area contributed by atoms with Gasteiger partial charge in [-0.15, -0.1) is 13.2 Å². The number of ether oxygens (including phenoxy) is 1. The Morgan fingerprint density at radius 1 is 1.31 bits per heavy atom. The van der Waals surface area contributed by atoms with Gasteiger partial charge in [0, 0.05) is 30.9 Å². The van der Waals surface area contributed by atoms with Crippen LogP contribution < -0.4 is 15.0 Å². The first-order valence-electron chi connectivity index (χ1n) is 8.53. The number of nitrogens with one attached hydrogen (secondary N) is 1. The number of aromatic nitrogens is 1. The van der Waals surface area contributed by atoms with E-state index in [1.807, 2.05) is 0 Å². The lowest BCUT2D eigenvalue weighted by Crippen LogP contribution is -2.23. The Balaban J connectivity index is 1.66. The van der Waals surface area contributed by atoms with Crippen molar-refractivity contribution in [2.45, 2.75) is 12.5 Å². The van der Waals surface area contributed by atoms with Gasteiger partial charge in [0.2, 0.25) is 0 Å². The molecular weight excluding hydrogens is 459 g/mol. The van der Waals surface area contributed by atoms with Crippen molar-refractivity contribution in [3.8, 4) is 5.75 Å². The van der Waals surface area contributed by atoms with Crippen molar-refractivity contribution >= 4 is 33.3 Å². The summed E-state index contributed by atoms with van der Waals surface area (Å²) in [7, 11) is 0. The van der Waals surface area contributed by atoms with Gasteiger partial charge < -0.3 is 25.2 Å². The number of carbonyl (C=O) groups excluding carboxylic acids is 1. The molecule has 1 aromatic heterocycles. The highest BCUT2D eigenvalue weighted by atomic mass is 79.9. The maximum absolute atomic E-state index is 12.4. The Morgan fingerprint density at radius 2 is 2.00 bits per heavy atom. The predicted octanol–water partition coefficient (Wildman–Crippen LogP) is 2.78. The van der Waals surface area contributed by atoms with Crippen LogP contribution in [0.1, 0.15) is 10.4 Å². The van der Waals surface area contributed by atoms with Crippen molar-refractivity contribution < 1.29 is 32.9 Å². The van der Waals surface area contributed by atoms with Crippen LogP contribution in [0.2, 0.25) is 0 Å². The summed E-state index contributed by atoms with van der Waals surface area (Å²) in [5.41, 5.74) is 0.521. The molecule has 2 heterocycles. The van der Waals surface area contributed by atoms with Crippen molar-refractivity contribution in [1.29, 1.82) is 0 Å². The first-order chi connectivity index (χ1) is 13.7. The third kappa shape index (κ3) is 5.37. The first kappa shape index (κ1) is 21.3. The Labute approximate surface area is 172 Å². The van der Waals surface area contributed by atoms with Crippen molar-refractivity contribution in [3.05, 3.63) is 46.6 Å². The number of aliphatic hydroxyl groups is 2. The highest BCUT2D eigenvalue weighted by Gasteiger charge is 2.32. The first-order valence-corrected chi connectivity index (χ1v) is 9.32. The molecule has 1 saturated heterocycles. The number of nitrogens with zero attached hydrogens (tertiary/aromatic N) is 2. The van der Waals surface area contributed by atoms with Crippen LogP contribution in [-0.4, -0.2) is 53.3 Å². The maximum atomic E-state index is 12.4. The molecule has 0 unspecified atom stereocenters. The highest BCUT2D eigenvalue weighted by Crippen LogP contribution is 2.30. The van der Waals surface area contributed by atoms with E-state index in [-0.39, 0.29) is 23.8 Å². The van der Waals surface area contributed by atoms with Gasteiger partial charge in [0.1, 0.15) is 11.6 Å². The van der Waals surface area contributed by atoms with Crippen LogP contribution in [0.15, 0.2) is 41.0 Å². The van der Waals surface area contributed by atoms with Crippen LogP contribution in [0, 0.1) is 5.92 Å². The molecule has 2 atom stereocenters. The normalized spacial score (nSPS) is 19.3. The standard InChI is InChI=1S/C18H17BrF3N3O4/c19-14-5-10(6-23-16(14)25-7-11(9-26)15(27)8-25)17(28)24-12-1-3-13(4-2-12)29-18(20,21)22/h1-6,11,15,26-27H,7-9H2,(H,24,28)/t11-,15+/m1/s1. The van der Waals surface area contributed by atoms with Crippen molar-refractivity contribution in [2.75, 3.05) is 29.9 Å². The minimum atomic E-state index is -4.78. The average molecular weight is 476 g/mol. The zero-order valence-electron chi connectivity index (χ0n) is 14.9. The lowest BCUT2D eigenvalue weighted by Gasteiger charge is -2.18. The quantitative estimate of drug-likeness (QED) is 0.615. The van der Waals surface area contributed by atoms with E-state index in [4.69, 9.17) is 0 Å². The fraction of sp³-hybridized carbons (Fsp3) is 0.333. The number of anilines is 2. The highest BCUT2D eigenvalue weighted by molar-refractivity contribution is 9.10. The molecule has 3 rings (SSSR count). The average Bonchev–Trinajstić information content (AvgIpc) is 3.02. The lowest BCUT2D eigenvalue weighted by atomic mass is 10.1. The molecule has 0 bridgehead atoms. The number of hydrogen-bond donors (Lipinski definition) is 3. The van der Waals surface area contributed by atoms with Gasteiger partial charge in [0.15, 0.2) is 0 Å². The van der Waals surface area contributed by atoms with Crippen LogP contribution in [-0.2, 0) is 0 Å². The number of amides is 1. The second-order valence-electron chi connectivity index (χ2n) is 6.47. The number of halogens is 4. The Bertz CT molecular complexity index is 880. The maximum Gasteiger partial charge on any atom is 0.573 e. The van der Waals surface area contributed by atoms with Crippen LogP contribution >= 0.6 is 15.9 Å². The Morgan fingerprint density at radius 3 is 2.55 bits per heavy atom. The van der Waals surface area contributed by atoms with Crippen molar-refractivity contribution in [2.24, 2.45) is 5.92 Å². The van der Waals surface area contributed by atoms with Crippen LogP contribution in [0.3, 0.4) is 0 Å². The summed E-state index contributed by atoms with van der Waals surface area (Å²) in [5, 5.41) is 21.7. The monoisotopic (exact) mass is 475 g/mol. The molecule has 0 radical (unpaired) electrons. The third-order valence-corrected chi connectivity index (χ3v) is 4.95. The van der Waals surface area contributed by atoms with Crippen molar-refractivity contribution in [3.63, 3.8) is 0 Å². The van der Waals surface area contributed by atoms with Gasteiger partial charge in [-0.2, -0.15) is 0 Å². The smallest absolute Gasteiger partial charge is 0.406 e. The summed E-state index contributed by atoms with van der Waals surface area (Å²) < 4.78 is 40.9. The van der Waals surface area contributed by atoms with Gasteiger partial charge in [0.25, 0.3) is 5.91 Å². The van der Waals surface area contributed by atoms with E-state index >= 15 is 0 Å². The molecule has 0 saturated carbocycles. The zero-order chi connectivity index (χ0) is 21.2. The molecule has 0 spiro atoms. The molecule has 29 heavy (non-hydrogen) atoms. The molecule has 1 fully saturated rings. The minimum absolute atomic E-state index is 0.136. The summed E-state index contributed by atoms with van der Waals surface area (Å²) in [5.74, 6) is -0.622. The number of rotatable bonds is 5. The molecule has 3 N–H and O–H groups in total. The molecule has 11 heteroatoms. The molecule has 0 aliphatic carbocycles. The van der Waals surface area contributed by atoms with Crippen LogP contribution in [0.4, 0.5) is 24.7 Å². The predicted molar refractivity (Wildman–Crippen MR) is 102 cm³/mol. The van der Waals surface area contributed by atoms with E-state index in [0.29, 0.717) is 23.4 Å². The van der Waals surface area contributed by atoms with E-state index < -0.39 is 24.1 Å². The summed E-state index contributed by atoms with van der Waals surface area (Å²) in [6.07, 6.45) is -4.09. The number of alkyl halides is 3. The van der Waals surface area contributed by atoms with Gasteiger partial charge in [-0.05, 0) is 46.3 Å². The number of β-amino-alcohol motifs (C(OH)–C–C–N with tert-alkyl or cyclic N) is 1. The molecule has 2 aromatic rings. The SMILES string of the molecule is O=C(Nc1ccc(OC(F)(F)F)cc1)c1cnc(N2C[C@H](CO)[C@@H](O)C2)c(Br)c1. The van der Waals surface area contributed by atoms with Gasteiger partial charge >= 0.3 is 6.36 Å². The summed E-state index contributed by atoms with van der Waals surface area (Å²) in [6, 6.07) is 6.32. The largest absolute Gasteiger partial charge is 0.573 e. The number of hydrogen-bond acceptors (Lipinski definition) is 6. The number of pyridine rings is 1. The molecule has 156 valence electrons. The fourth-order valence-corrected chi connectivity index (χ4v) is 3.54. The molecule has 1 aliphatic heterocycles. The number of aliphatic hydroxyl groups excluding tert-OH is 2. The van der Waals surface area contributed by atoms with Crippen LogP contribution in [0.5, 0.6) is 5.75 Å². The van der Waals surface area contributed by atoms with E-state index in [9.17, 15) is 28.2 Å². The Kier molecular flexibility index (Phi) is 6.30. The van der Waals surface area contributed by atoms with E-state index in [0.717, 1.165) is 12.1 Å². The lowest BCUT2D eigenvalue weighted by molar-refractivity contribution is -0.274. The molecule has 1 amide bonds. The topological polar surface area (TPSA) is 94.9 Å². The molecule has 1 aromatic carbocycles. The van der Waals surface area contributed by atoms with Gasteiger partial charge in [-0.1, -0.05) is 0 Å². The fourth-order valence-electron chi connectivity index (χ4n) is 2.94. The van der Waals surface area contributed by atoms with Gasteiger partial charge in [-0.25, -0.2) is 4.98 Å². The summed E-state index contributed by atoms with van der Waals surface area (Å²) in [4.78, 5) is 18.5. The van der Waals surface area contributed by atoms with Crippen molar-refractivity contribution in [1.82, 2.24) is 4.98 Å². The van der Waals surface area contributed by atoms with Gasteiger partial charge in [0.05, 0.1) is 22.7 Å². The van der Waals surface area contributed by atoms with Gasteiger partial charge in [-0.3, -0.25) is 4.79 Å². The van der Waals surface area contributed by atoms with E-state index in [1.54, 1.807) is 11.0 Å². The minimum Gasteiger partial charge on any atom is -0.406 e. The third-order valence-electron chi connectivity index (χ3n) is 4.37.